The van der Waals surface area contributed by atoms with Crippen LogP contribution in [0.15, 0.2) is 4.99 Å². The number of likely N-dealkylation sites (N-methyl/N-ethyl adjacent to an activating group) is 1. The van der Waals surface area contributed by atoms with Gasteiger partial charge in [-0.05, 0) is 32.6 Å². The summed E-state index contributed by atoms with van der Waals surface area (Å²) < 4.78 is 11.4. The first-order valence-corrected chi connectivity index (χ1v) is 10.4. The lowest BCUT2D eigenvalue weighted by molar-refractivity contribution is -0.133. The van der Waals surface area contributed by atoms with E-state index in [9.17, 15) is 4.79 Å². The number of carbonyl (C=O) groups is 1. The van der Waals surface area contributed by atoms with E-state index in [1.807, 2.05) is 0 Å². The van der Waals surface area contributed by atoms with Crippen LogP contribution in [0.25, 0.3) is 0 Å². The lowest BCUT2D eigenvalue weighted by atomic mass is 9.58. The Hall–Kier alpha value is -0.610. The Morgan fingerprint density at radius 3 is 2.54 bits per heavy atom. The molecule has 0 aromatic heterocycles. The number of hydrogen-bond acceptors (Lipinski definition) is 4. The molecule has 2 fully saturated rings. The molecule has 0 bridgehead atoms. The summed E-state index contributed by atoms with van der Waals surface area (Å²) in [5.41, 5.74) is 0.125. The van der Waals surface area contributed by atoms with Crippen LogP contribution in [0.1, 0.15) is 46.5 Å². The van der Waals surface area contributed by atoms with Gasteiger partial charge in [-0.1, -0.05) is 13.8 Å². The van der Waals surface area contributed by atoms with Crippen LogP contribution >= 0.6 is 24.0 Å². The molecule has 1 saturated carbocycles. The Morgan fingerprint density at radius 2 is 2.00 bits per heavy atom. The van der Waals surface area contributed by atoms with E-state index in [0.29, 0.717) is 18.1 Å². The second-order valence-electron chi connectivity index (χ2n) is 7.88. The molecule has 0 aromatic carbocycles. The quantitative estimate of drug-likeness (QED) is 0.283. The van der Waals surface area contributed by atoms with Crippen molar-refractivity contribution in [3.05, 3.63) is 0 Å². The van der Waals surface area contributed by atoms with Gasteiger partial charge in [0.1, 0.15) is 6.54 Å². The van der Waals surface area contributed by atoms with Gasteiger partial charge in [0.2, 0.25) is 5.91 Å². The molecular weight excluding hydrogens is 471 g/mol. The van der Waals surface area contributed by atoms with Crippen molar-refractivity contribution in [2.75, 3.05) is 47.0 Å². The van der Waals surface area contributed by atoms with Gasteiger partial charge in [0.05, 0.1) is 12.7 Å². The summed E-state index contributed by atoms with van der Waals surface area (Å²) >= 11 is 0. The summed E-state index contributed by atoms with van der Waals surface area (Å²) in [6.45, 7) is 9.86. The molecule has 2 rings (SSSR count). The number of nitrogens with zero attached hydrogens (tertiary/aromatic N) is 2. The fourth-order valence-corrected chi connectivity index (χ4v) is 4.17. The third-order valence-electron chi connectivity index (χ3n) is 6.23. The highest BCUT2D eigenvalue weighted by Gasteiger charge is 2.53. The van der Waals surface area contributed by atoms with E-state index in [1.165, 1.54) is 0 Å². The molecule has 0 aromatic rings. The van der Waals surface area contributed by atoms with Crippen molar-refractivity contribution >= 4 is 35.8 Å². The maximum atomic E-state index is 12.0. The van der Waals surface area contributed by atoms with Crippen LogP contribution in [0.5, 0.6) is 0 Å². The number of guanidine groups is 1. The van der Waals surface area contributed by atoms with Crippen LogP contribution < -0.4 is 10.6 Å². The summed E-state index contributed by atoms with van der Waals surface area (Å²) in [6.07, 6.45) is 4.46. The number of nitrogens with one attached hydrogen (secondary N) is 2. The number of rotatable bonds is 9. The SMILES string of the molecule is CCOC1CC(NC(=NCC(=O)N(C)C)NCC2CCOC2)C1(CC)CC.I. The first-order valence-electron chi connectivity index (χ1n) is 10.4. The predicted octanol–water partition coefficient (Wildman–Crippen LogP) is 2.25. The number of amides is 1. The van der Waals surface area contributed by atoms with E-state index < -0.39 is 0 Å². The lowest BCUT2D eigenvalue weighted by Gasteiger charge is -2.55. The van der Waals surface area contributed by atoms with Gasteiger partial charge in [-0.25, -0.2) is 4.99 Å². The zero-order valence-corrected chi connectivity index (χ0v) is 20.5. The van der Waals surface area contributed by atoms with Crippen LogP contribution in [0.4, 0.5) is 0 Å². The molecule has 2 aliphatic rings. The van der Waals surface area contributed by atoms with Gasteiger partial charge in [-0.2, -0.15) is 0 Å². The smallest absolute Gasteiger partial charge is 0.243 e. The van der Waals surface area contributed by atoms with Crippen molar-refractivity contribution in [1.82, 2.24) is 15.5 Å². The van der Waals surface area contributed by atoms with Crippen molar-refractivity contribution in [2.45, 2.75) is 58.6 Å². The normalized spacial score (nSPS) is 26.2. The van der Waals surface area contributed by atoms with E-state index >= 15 is 0 Å². The van der Waals surface area contributed by atoms with E-state index in [2.05, 4.69) is 36.4 Å². The predicted molar refractivity (Wildman–Crippen MR) is 123 cm³/mol. The first-order chi connectivity index (χ1) is 13.0. The second-order valence-corrected chi connectivity index (χ2v) is 7.88. The minimum Gasteiger partial charge on any atom is -0.381 e. The minimum absolute atomic E-state index is 0. The fourth-order valence-electron chi connectivity index (χ4n) is 4.17. The van der Waals surface area contributed by atoms with E-state index in [1.54, 1.807) is 19.0 Å². The summed E-state index contributed by atoms with van der Waals surface area (Å²) in [6, 6.07) is 0.310. The van der Waals surface area contributed by atoms with Crippen LogP contribution in [0.3, 0.4) is 0 Å². The molecule has 2 N–H and O–H groups in total. The maximum Gasteiger partial charge on any atom is 0.243 e. The van der Waals surface area contributed by atoms with Gasteiger partial charge in [-0.15, -0.1) is 24.0 Å². The van der Waals surface area contributed by atoms with E-state index in [4.69, 9.17) is 9.47 Å². The molecular formula is C20H39IN4O3. The molecule has 28 heavy (non-hydrogen) atoms. The second kappa shape index (κ2) is 12.2. The summed E-state index contributed by atoms with van der Waals surface area (Å²) in [5, 5.41) is 7.04. The van der Waals surface area contributed by atoms with Crippen LogP contribution in [-0.2, 0) is 14.3 Å². The number of ether oxygens (including phenoxy) is 2. The summed E-state index contributed by atoms with van der Waals surface area (Å²) in [7, 11) is 3.51. The largest absolute Gasteiger partial charge is 0.381 e. The van der Waals surface area contributed by atoms with Crippen molar-refractivity contribution in [2.24, 2.45) is 16.3 Å². The molecule has 1 heterocycles. The van der Waals surface area contributed by atoms with Gasteiger partial charge in [0, 0.05) is 51.2 Å². The Morgan fingerprint density at radius 1 is 1.29 bits per heavy atom. The van der Waals surface area contributed by atoms with Gasteiger partial charge in [-0.3, -0.25) is 4.79 Å². The van der Waals surface area contributed by atoms with Crippen molar-refractivity contribution in [3.63, 3.8) is 0 Å². The molecule has 0 radical (unpaired) electrons. The van der Waals surface area contributed by atoms with Gasteiger partial charge < -0.3 is 25.0 Å². The minimum atomic E-state index is -0.00153. The zero-order chi connectivity index (χ0) is 19.9. The number of halogens is 1. The molecule has 1 saturated heterocycles. The van der Waals surface area contributed by atoms with Crippen LogP contribution in [-0.4, -0.2) is 75.9 Å². The monoisotopic (exact) mass is 510 g/mol. The van der Waals surface area contributed by atoms with E-state index in [-0.39, 0.29) is 41.8 Å². The number of carbonyl (C=O) groups excluding carboxylic acids is 1. The highest BCUT2D eigenvalue weighted by Crippen LogP contribution is 2.48. The van der Waals surface area contributed by atoms with Crippen molar-refractivity contribution in [3.8, 4) is 0 Å². The Kier molecular flexibility index (Phi) is 11.1. The number of hydrogen-bond donors (Lipinski definition) is 2. The Bertz CT molecular complexity index is 506. The Labute approximate surface area is 187 Å². The molecule has 1 amide bonds. The maximum absolute atomic E-state index is 12.0. The highest BCUT2D eigenvalue weighted by molar-refractivity contribution is 14.0. The van der Waals surface area contributed by atoms with Crippen molar-refractivity contribution < 1.29 is 14.3 Å². The molecule has 7 nitrogen and oxygen atoms in total. The molecule has 1 aliphatic heterocycles. The Balaban J connectivity index is 0.00000392. The molecule has 3 atom stereocenters. The van der Waals surface area contributed by atoms with Crippen LogP contribution in [0.2, 0.25) is 0 Å². The van der Waals surface area contributed by atoms with Crippen LogP contribution in [0, 0.1) is 11.3 Å². The zero-order valence-electron chi connectivity index (χ0n) is 18.1. The fraction of sp³-hybridized carbons (Fsp3) is 0.900. The summed E-state index contributed by atoms with van der Waals surface area (Å²) in [4.78, 5) is 18.1. The topological polar surface area (TPSA) is 75.2 Å². The van der Waals surface area contributed by atoms with Gasteiger partial charge >= 0.3 is 0 Å². The highest BCUT2D eigenvalue weighted by atomic mass is 127. The molecule has 164 valence electrons. The third kappa shape index (κ3) is 6.19. The molecule has 0 spiro atoms. The van der Waals surface area contributed by atoms with Crippen molar-refractivity contribution in [1.29, 1.82) is 0 Å². The molecule has 3 unspecified atom stereocenters. The average Bonchev–Trinajstić information content (AvgIpc) is 3.16. The summed E-state index contributed by atoms with van der Waals surface area (Å²) in [5.74, 6) is 1.22. The van der Waals surface area contributed by atoms with Gasteiger partial charge in [0.25, 0.3) is 0 Å². The van der Waals surface area contributed by atoms with E-state index in [0.717, 1.165) is 58.0 Å². The van der Waals surface area contributed by atoms with Gasteiger partial charge in [0.15, 0.2) is 5.96 Å². The molecule has 8 heteroatoms. The lowest BCUT2D eigenvalue weighted by Crippen LogP contribution is -2.65. The third-order valence-corrected chi connectivity index (χ3v) is 6.23. The standard InChI is InChI=1S/C20H38N4O3.HI/c1-6-20(7-2)16(11-17(20)27-8-3)23-19(22-13-18(25)24(4)5)21-12-15-9-10-26-14-15;/h15-17H,6-14H2,1-5H3,(H2,21,22,23);1H. The average molecular weight is 510 g/mol. The number of aliphatic imine (C=N–C) groups is 1. The molecule has 1 aliphatic carbocycles. The first kappa shape index (κ1) is 25.4.